The first kappa shape index (κ1) is 14.4. The number of benzene rings is 1. The SMILES string of the molecule is COC(=O)[PH](=O)Oc1c(F)c(F)c(F)c(F)c1F. The first-order chi connectivity index (χ1) is 8.31. The molecule has 0 aromatic heterocycles. The lowest BCUT2D eigenvalue weighted by molar-refractivity contribution is 0.195. The van der Waals surface area contributed by atoms with Crippen LogP contribution in [0.25, 0.3) is 0 Å². The van der Waals surface area contributed by atoms with Gasteiger partial charge in [-0.15, -0.1) is 0 Å². The predicted octanol–water partition coefficient (Wildman–Crippen LogP) is 3.00. The molecular weight excluding hydrogens is 286 g/mol. The fourth-order valence-corrected chi connectivity index (χ4v) is 1.51. The molecule has 0 bridgehead atoms. The monoisotopic (exact) mass is 290 g/mol. The zero-order valence-corrected chi connectivity index (χ0v) is 9.52. The molecule has 0 aliphatic carbocycles. The quantitative estimate of drug-likeness (QED) is 0.371. The van der Waals surface area contributed by atoms with Crippen molar-refractivity contribution in [3.05, 3.63) is 29.1 Å². The summed E-state index contributed by atoms with van der Waals surface area (Å²) in [4.78, 5) is 10.7. The molecule has 0 radical (unpaired) electrons. The summed E-state index contributed by atoms with van der Waals surface area (Å²) < 4.78 is 82.8. The van der Waals surface area contributed by atoms with Crippen LogP contribution in [0.3, 0.4) is 0 Å². The summed E-state index contributed by atoms with van der Waals surface area (Å²) in [5.74, 6) is -13.4. The van der Waals surface area contributed by atoms with E-state index in [1.54, 1.807) is 0 Å². The van der Waals surface area contributed by atoms with E-state index in [1.165, 1.54) is 0 Å². The van der Waals surface area contributed by atoms with Crippen LogP contribution in [0, 0.1) is 29.1 Å². The maximum Gasteiger partial charge on any atom is 0.400 e. The first-order valence-electron chi connectivity index (χ1n) is 4.12. The van der Waals surface area contributed by atoms with Gasteiger partial charge in [-0.2, -0.15) is 8.78 Å². The zero-order valence-electron chi connectivity index (χ0n) is 8.52. The zero-order chi connectivity index (χ0) is 14.0. The number of hydrogen-bond acceptors (Lipinski definition) is 4. The van der Waals surface area contributed by atoms with Crippen molar-refractivity contribution in [3.63, 3.8) is 0 Å². The standard InChI is InChI=1S/C8H4F5O4P/c1-16-8(14)18(15)17-7-5(12)3(10)2(9)4(11)6(7)13/h18H,1H3. The lowest BCUT2D eigenvalue weighted by Gasteiger charge is -2.08. The molecule has 0 spiro atoms. The van der Waals surface area contributed by atoms with E-state index in [0.717, 1.165) is 7.11 Å². The average Bonchev–Trinajstić information content (AvgIpc) is 2.37. The van der Waals surface area contributed by atoms with E-state index < -0.39 is 48.6 Å². The van der Waals surface area contributed by atoms with Gasteiger partial charge in [0.05, 0.1) is 7.11 Å². The summed E-state index contributed by atoms with van der Waals surface area (Å²) in [6.45, 7) is 0. The molecule has 0 aliphatic rings. The van der Waals surface area contributed by atoms with Crippen LogP contribution in [0.2, 0.25) is 0 Å². The van der Waals surface area contributed by atoms with Crippen LogP contribution < -0.4 is 4.52 Å². The second-order valence-corrected chi connectivity index (χ2v) is 3.97. The number of carbonyl (C=O) groups is 1. The minimum absolute atomic E-state index is 0.798. The van der Waals surface area contributed by atoms with Crippen molar-refractivity contribution in [1.82, 2.24) is 0 Å². The number of carbonyl (C=O) groups excluding carboxylic acids is 1. The maximum absolute atomic E-state index is 13.0. The van der Waals surface area contributed by atoms with E-state index >= 15 is 0 Å². The highest BCUT2D eigenvalue weighted by Gasteiger charge is 2.29. The van der Waals surface area contributed by atoms with E-state index in [2.05, 4.69) is 9.26 Å². The Bertz CT molecular complexity index is 504. The number of hydrogen-bond donors (Lipinski definition) is 0. The average molecular weight is 290 g/mol. The second-order valence-electron chi connectivity index (χ2n) is 2.78. The van der Waals surface area contributed by atoms with Crippen molar-refractivity contribution in [2.24, 2.45) is 0 Å². The fraction of sp³-hybridized carbons (Fsp3) is 0.125. The summed E-state index contributed by atoms with van der Waals surface area (Å²) in [6.07, 6.45) is 0. The molecule has 1 aromatic rings. The number of rotatable bonds is 3. The van der Waals surface area contributed by atoms with Crippen molar-refractivity contribution in [1.29, 1.82) is 0 Å². The van der Waals surface area contributed by atoms with Crippen LogP contribution in [0.15, 0.2) is 0 Å². The third-order valence-electron chi connectivity index (χ3n) is 1.72. The highest BCUT2D eigenvalue weighted by Crippen LogP contribution is 2.36. The molecule has 4 nitrogen and oxygen atoms in total. The molecule has 0 aliphatic heterocycles. The summed E-state index contributed by atoms with van der Waals surface area (Å²) in [6, 6.07) is 0. The van der Waals surface area contributed by atoms with Crippen LogP contribution in [0.4, 0.5) is 26.7 Å². The smallest absolute Gasteiger partial charge is 0.400 e. The van der Waals surface area contributed by atoms with Gasteiger partial charge in [-0.3, -0.25) is 4.57 Å². The van der Waals surface area contributed by atoms with Gasteiger partial charge in [-0.25, -0.2) is 18.0 Å². The van der Waals surface area contributed by atoms with Crippen LogP contribution in [-0.4, -0.2) is 12.8 Å². The van der Waals surface area contributed by atoms with Gasteiger partial charge >= 0.3 is 13.7 Å². The van der Waals surface area contributed by atoms with Crippen molar-refractivity contribution in [3.8, 4) is 5.75 Å². The van der Waals surface area contributed by atoms with Crippen molar-refractivity contribution >= 4 is 13.7 Å². The number of halogens is 5. The lowest BCUT2D eigenvalue weighted by atomic mass is 10.3. The number of methoxy groups -OCH3 is 1. The Morgan fingerprint density at radius 1 is 0.944 bits per heavy atom. The Morgan fingerprint density at radius 3 is 1.72 bits per heavy atom. The third-order valence-corrected chi connectivity index (χ3v) is 2.64. The van der Waals surface area contributed by atoms with Gasteiger partial charge in [0.25, 0.3) is 0 Å². The second kappa shape index (κ2) is 5.34. The van der Waals surface area contributed by atoms with Gasteiger partial charge in [0.2, 0.25) is 34.8 Å². The molecule has 18 heavy (non-hydrogen) atoms. The summed E-state index contributed by atoms with van der Waals surface area (Å²) >= 11 is 0. The molecular formula is C8H4F5O4P. The third kappa shape index (κ3) is 2.45. The minimum atomic E-state index is -3.81. The maximum atomic E-state index is 13.0. The summed E-state index contributed by atoms with van der Waals surface area (Å²) in [7, 11) is -3.01. The van der Waals surface area contributed by atoms with E-state index in [1.807, 2.05) is 0 Å². The molecule has 10 heteroatoms. The van der Waals surface area contributed by atoms with Gasteiger partial charge in [0.1, 0.15) is 0 Å². The van der Waals surface area contributed by atoms with Gasteiger partial charge in [0, 0.05) is 0 Å². The first-order valence-corrected chi connectivity index (χ1v) is 5.44. The molecule has 0 heterocycles. The Morgan fingerprint density at radius 2 is 1.33 bits per heavy atom. The Balaban J connectivity index is 3.26. The van der Waals surface area contributed by atoms with Crippen molar-refractivity contribution < 1.29 is 40.6 Å². The van der Waals surface area contributed by atoms with E-state index in [0.29, 0.717) is 0 Å². The van der Waals surface area contributed by atoms with Crippen molar-refractivity contribution in [2.75, 3.05) is 7.11 Å². The fourth-order valence-electron chi connectivity index (χ4n) is 0.892. The topological polar surface area (TPSA) is 52.6 Å². The lowest BCUT2D eigenvalue weighted by Crippen LogP contribution is -2.05. The molecule has 0 N–H and O–H groups in total. The summed E-state index contributed by atoms with van der Waals surface area (Å²) in [5.41, 5.74) is -1.48. The highest BCUT2D eigenvalue weighted by molar-refractivity contribution is 7.58. The molecule has 0 saturated carbocycles. The molecule has 1 aromatic carbocycles. The van der Waals surface area contributed by atoms with Gasteiger partial charge < -0.3 is 9.26 Å². The molecule has 1 rings (SSSR count). The molecule has 1 unspecified atom stereocenters. The van der Waals surface area contributed by atoms with Crippen LogP contribution in [0.1, 0.15) is 0 Å². The molecule has 0 saturated heterocycles. The van der Waals surface area contributed by atoms with E-state index in [-0.39, 0.29) is 0 Å². The largest absolute Gasteiger partial charge is 0.461 e. The minimum Gasteiger partial charge on any atom is -0.461 e. The normalized spacial score (nSPS) is 12.1. The van der Waals surface area contributed by atoms with E-state index in [4.69, 9.17) is 0 Å². The van der Waals surface area contributed by atoms with Gasteiger partial charge in [0.15, 0.2) is 0 Å². The van der Waals surface area contributed by atoms with E-state index in [9.17, 15) is 31.3 Å². The van der Waals surface area contributed by atoms with Gasteiger partial charge in [-0.05, 0) is 0 Å². The Labute approximate surface area is 97.2 Å². The Kier molecular flexibility index (Phi) is 4.28. The van der Waals surface area contributed by atoms with Crippen LogP contribution >= 0.6 is 8.03 Å². The van der Waals surface area contributed by atoms with Crippen LogP contribution in [-0.2, 0) is 9.30 Å². The summed E-state index contributed by atoms with van der Waals surface area (Å²) in [5, 5.41) is 0. The molecule has 0 fully saturated rings. The number of ether oxygens (including phenoxy) is 1. The molecule has 0 amide bonds. The predicted molar refractivity (Wildman–Crippen MR) is 48.3 cm³/mol. The molecule has 1 atom stereocenters. The van der Waals surface area contributed by atoms with Crippen LogP contribution in [0.5, 0.6) is 5.75 Å². The van der Waals surface area contributed by atoms with Crippen molar-refractivity contribution in [2.45, 2.75) is 0 Å². The molecule has 100 valence electrons. The Hall–Kier alpha value is -1.63. The highest BCUT2D eigenvalue weighted by atomic mass is 31.1. The van der Waals surface area contributed by atoms with Gasteiger partial charge in [-0.1, -0.05) is 0 Å².